The second-order valence-electron chi connectivity index (χ2n) is 5.70. The van der Waals surface area contributed by atoms with Crippen molar-refractivity contribution >= 4 is 5.84 Å². The first-order chi connectivity index (χ1) is 7.44. The van der Waals surface area contributed by atoms with Gasteiger partial charge in [-0.05, 0) is 44.7 Å². The molecule has 0 radical (unpaired) electrons. The molecule has 0 aliphatic carbocycles. The second kappa shape index (κ2) is 5.53. The third kappa shape index (κ3) is 4.00. The van der Waals surface area contributed by atoms with Gasteiger partial charge in [-0.2, -0.15) is 0 Å². The SMILES string of the molecule is CC(CC(N)=NO)N1CCCC(C)(C)CC1. The quantitative estimate of drug-likeness (QED) is 0.335. The van der Waals surface area contributed by atoms with E-state index in [2.05, 4.69) is 30.8 Å². The zero-order valence-corrected chi connectivity index (χ0v) is 10.7. The molecule has 1 heterocycles. The molecule has 4 nitrogen and oxygen atoms in total. The molecule has 4 heteroatoms. The molecule has 1 aliphatic rings. The molecule has 3 N–H and O–H groups in total. The van der Waals surface area contributed by atoms with E-state index in [1.807, 2.05) is 0 Å². The fourth-order valence-corrected chi connectivity index (χ4v) is 2.36. The number of hydrogen-bond donors (Lipinski definition) is 2. The summed E-state index contributed by atoms with van der Waals surface area (Å²) in [5, 5.41) is 11.6. The van der Waals surface area contributed by atoms with Gasteiger partial charge in [0.2, 0.25) is 0 Å². The summed E-state index contributed by atoms with van der Waals surface area (Å²) in [6.45, 7) is 9.07. The maximum Gasteiger partial charge on any atom is 0.140 e. The lowest BCUT2D eigenvalue weighted by Crippen LogP contribution is -2.37. The van der Waals surface area contributed by atoms with Crippen LogP contribution in [-0.4, -0.2) is 35.1 Å². The molecule has 0 spiro atoms. The molecular weight excluding hydrogens is 202 g/mol. The summed E-state index contributed by atoms with van der Waals surface area (Å²) in [5.74, 6) is 0.330. The van der Waals surface area contributed by atoms with Crippen molar-refractivity contribution in [1.29, 1.82) is 0 Å². The van der Waals surface area contributed by atoms with E-state index in [0.29, 0.717) is 23.7 Å². The largest absolute Gasteiger partial charge is 0.409 e. The minimum absolute atomic E-state index is 0.330. The summed E-state index contributed by atoms with van der Waals surface area (Å²) in [5.41, 5.74) is 6.01. The van der Waals surface area contributed by atoms with Crippen LogP contribution in [0.2, 0.25) is 0 Å². The number of nitrogens with zero attached hydrogens (tertiary/aromatic N) is 2. The Morgan fingerprint density at radius 3 is 2.75 bits per heavy atom. The molecule has 16 heavy (non-hydrogen) atoms. The molecule has 0 aromatic rings. The number of nitrogens with two attached hydrogens (primary N) is 1. The normalized spacial score (nSPS) is 25.1. The molecule has 0 amide bonds. The van der Waals surface area contributed by atoms with Gasteiger partial charge in [0.15, 0.2) is 0 Å². The van der Waals surface area contributed by atoms with Gasteiger partial charge in [-0.1, -0.05) is 19.0 Å². The van der Waals surface area contributed by atoms with E-state index in [1.54, 1.807) is 0 Å². The summed E-state index contributed by atoms with van der Waals surface area (Å²) < 4.78 is 0. The van der Waals surface area contributed by atoms with Crippen LogP contribution in [-0.2, 0) is 0 Å². The van der Waals surface area contributed by atoms with Crippen LogP contribution < -0.4 is 5.73 Å². The zero-order chi connectivity index (χ0) is 12.2. The summed E-state index contributed by atoms with van der Waals surface area (Å²) in [6, 6.07) is 0.366. The van der Waals surface area contributed by atoms with Crippen LogP contribution in [0.5, 0.6) is 0 Å². The maximum atomic E-state index is 8.57. The lowest BCUT2D eigenvalue weighted by molar-refractivity contribution is 0.209. The van der Waals surface area contributed by atoms with Crippen LogP contribution in [0.4, 0.5) is 0 Å². The lowest BCUT2D eigenvalue weighted by Gasteiger charge is -2.28. The summed E-state index contributed by atoms with van der Waals surface area (Å²) in [7, 11) is 0. The second-order valence-corrected chi connectivity index (χ2v) is 5.70. The monoisotopic (exact) mass is 227 g/mol. The Morgan fingerprint density at radius 1 is 1.44 bits per heavy atom. The van der Waals surface area contributed by atoms with E-state index in [-0.39, 0.29) is 0 Å². The van der Waals surface area contributed by atoms with E-state index in [9.17, 15) is 0 Å². The van der Waals surface area contributed by atoms with Crippen molar-refractivity contribution in [1.82, 2.24) is 4.90 Å². The summed E-state index contributed by atoms with van der Waals surface area (Å²) in [6.07, 6.45) is 4.41. The number of hydrogen-bond acceptors (Lipinski definition) is 3. The highest BCUT2D eigenvalue weighted by Gasteiger charge is 2.25. The van der Waals surface area contributed by atoms with Gasteiger partial charge in [-0.25, -0.2) is 0 Å². The van der Waals surface area contributed by atoms with Crippen LogP contribution >= 0.6 is 0 Å². The Balaban J connectivity index is 2.48. The van der Waals surface area contributed by atoms with Crippen LogP contribution in [0.15, 0.2) is 5.16 Å². The van der Waals surface area contributed by atoms with Crippen molar-refractivity contribution in [3.8, 4) is 0 Å². The first-order valence-electron chi connectivity index (χ1n) is 6.15. The third-order valence-corrected chi connectivity index (χ3v) is 3.63. The Hall–Kier alpha value is -0.770. The van der Waals surface area contributed by atoms with E-state index in [0.717, 1.165) is 13.1 Å². The predicted octanol–water partition coefficient (Wildman–Crippen LogP) is 2.02. The predicted molar refractivity (Wildman–Crippen MR) is 66.7 cm³/mol. The van der Waals surface area contributed by atoms with E-state index >= 15 is 0 Å². The highest BCUT2D eigenvalue weighted by molar-refractivity contribution is 5.80. The molecular formula is C12H25N3O. The fraction of sp³-hybridized carbons (Fsp3) is 0.917. The van der Waals surface area contributed by atoms with Gasteiger partial charge in [0.1, 0.15) is 5.84 Å². The molecule has 0 bridgehead atoms. The highest BCUT2D eigenvalue weighted by atomic mass is 16.4. The number of likely N-dealkylation sites (tertiary alicyclic amines) is 1. The van der Waals surface area contributed by atoms with Gasteiger partial charge < -0.3 is 15.8 Å². The standard InChI is InChI=1S/C12H25N3O/c1-10(9-11(13)14-16)15-7-4-5-12(2,3)6-8-15/h10,16H,4-9H2,1-3H3,(H2,13,14). The van der Waals surface area contributed by atoms with Crippen LogP contribution in [0.3, 0.4) is 0 Å². The van der Waals surface area contributed by atoms with Crippen molar-refractivity contribution in [2.45, 2.75) is 52.5 Å². The van der Waals surface area contributed by atoms with E-state index in [4.69, 9.17) is 10.9 Å². The van der Waals surface area contributed by atoms with E-state index in [1.165, 1.54) is 19.3 Å². The first kappa shape index (κ1) is 13.3. The topological polar surface area (TPSA) is 61.9 Å². The Labute approximate surface area is 98.5 Å². The molecule has 0 saturated carbocycles. The van der Waals surface area contributed by atoms with Crippen molar-refractivity contribution in [2.75, 3.05) is 13.1 Å². The summed E-state index contributed by atoms with van der Waals surface area (Å²) >= 11 is 0. The van der Waals surface area contributed by atoms with Crippen LogP contribution in [0, 0.1) is 5.41 Å². The molecule has 1 aliphatic heterocycles. The number of amidine groups is 1. The third-order valence-electron chi connectivity index (χ3n) is 3.63. The van der Waals surface area contributed by atoms with Crippen molar-refractivity contribution in [2.24, 2.45) is 16.3 Å². The van der Waals surface area contributed by atoms with Gasteiger partial charge in [0.25, 0.3) is 0 Å². The molecule has 1 rings (SSSR count). The van der Waals surface area contributed by atoms with Crippen molar-refractivity contribution in [3.05, 3.63) is 0 Å². The molecule has 1 fully saturated rings. The van der Waals surface area contributed by atoms with Gasteiger partial charge >= 0.3 is 0 Å². The van der Waals surface area contributed by atoms with Crippen molar-refractivity contribution < 1.29 is 5.21 Å². The van der Waals surface area contributed by atoms with Gasteiger partial charge in [0, 0.05) is 12.5 Å². The number of oxime groups is 1. The van der Waals surface area contributed by atoms with Gasteiger partial charge in [-0.3, -0.25) is 0 Å². The zero-order valence-electron chi connectivity index (χ0n) is 10.7. The highest BCUT2D eigenvalue weighted by Crippen LogP contribution is 2.30. The number of rotatable bonds is 3. The fourth-order valence-electron chi connectivity index (χ4n) is 2.36. The van der Waals surface area contributed by atoms with E-state index < -0.39 is 0 Å². The Kier molecular flexibility index (Phi) is 4.59. The molecule has 1 atom stereocenters. The molecule has 94 valence electrons. The molecule has 1 saturated heterocycles. The lowest BCUT2D eigenvalue weighted by atomic mass is 9.85. The van der Waals surface area contributed by atoms with Crippen LogP contribution in [0.1, 0.15) is 46.5 Å². The first-order valence-corrected chi connectivity index (χ1v) is 6.15. The average Bonchev–Trinajstić information content (AvgIpc) is 2.39. The van der Waals surface area contributed by atoms with Crippen LogP contribution in [0.25, 0.3) is 0 Å². The van der Waals surface area contributed by atoms with Crippen molar-refractivity contribution in [3.63, 3.8) is 0 Å². The average molecular weight is 227 g/mol. The van der Waals surface area contributed by atoms with Gasteiger partial charge in [-0.15, -0.1) is 0 Å². The van der Waals surface area contributed by atoms with Gasteiger partial charge in [0.05, 0.1) is 0 Å². The molecule has 0 aromatic heterocycles. The Bertz CT molecular complexity index is 251. The smallest absolute Gasteiger partial charge is 0.140 e. The Morgan fingerprint density at radius 2 is 2.12 bits per heavy atom. The molecule has 0 aromatic carbocycles. The summed E-state index contributed by atoms with van der Waals surface area (Å²) in [4.78, 5) is 2.45. The minimum Gasteiger partial charge on any atom is -0.409 e. The minimum atomic E-state index is 0.330. The maximum absolute atomic E-state index is 8.57. The molecule has 1 unspecified atom stereocenters.